The molecule has 0 radical (unpaired) electrons. The second-order valence-electron chi connectivity index (χ2n) is 13.1. The molecular formula is C36H43NO16. The highest BCUT2D eigenvalue weighted by Gasteiger charge is 2.50. The number of ketones is 3. The predicted molar refractivity (Wildman–Crippen MR) is 178 cm³/mol. The molecule has 1 fully saturated rings. The number of phenols is 2. The van der Waals surface area contributed by atoms with Gasteiger partial charge in [0.05, 0.1) is 55.3 Å². The first-order valence-electron chi connectivity index (χ1n) is 17.0. The van der Waals surface area contributed by atoms with Gasteiger partial charge in [-0.25, -0.2) is 0 Å². The van der Waals surface area contributed by atoms with Gasteiger partial charge in [-0.15, -0.1) is 0 Å². The van der Waals surface area contributed by atoms with Gasteiger partial charge in [0.15, 0.2) is 17.9 Å². The monoisotopic (exact) mass is 745 g/mol. The van der Waals surface area contributed by atoms with E-state index in [1.54, 1.807) is 6.92 Å². The number of carbonyl (C=O) groups excluding carboxylic acids is 5. The summed E-state index contributed by atoms with van der Waals surface area (Å²) in [6.07, 6.45) is -6.55. The van der Waals surface area contributed by atoms with Gasteiger partial charge in [-0.2, -0.15) is 0 Å². The van der Waals surface area contributed by atoms with Crippen LogP contribution in [0.3, 0.4) is 0 Å². The highest BCUT2D eigenvalue weighted by molar-refractivity contribution is 6.31. The second-order valence-corrected chi connectivity index (χ2v) is 13.1. The number of fused-ring (bicyclic) bond motifs is 3. The summed E-state index contributed by atoms with van der Waals surface area (Å²) >= 11 is 0. The Morgan fingerprint density at radius 2 is 1.70 bits per heavy atom. The minimum Gasteiger partial charge on any atom is -0.507 e. The molecule has 0 unspecified atom stereocenters. The van der Waals surface area contributed by atoms with E-state index in [4.69, 9.17) is 28.4 Å². The fraction of sp³-hybridized carbons (Fsp3) is 0.528. The molecule has 17 heteroatoms. The molecule has 2 aliphatic carbocycles. The fourth-order valence-corrected chi connectivity index (χ4v) is 7.03. The molecule has 0 spiro atoms. The zero-order valence-corrected chi connectivity index (χ0v) is 29.6. The Morgan fingerprint density at radius 1 is 1.02 bits per heavy atom. The summed E-state index contributed by atoms with van der Waals surface area (Å²) < 4.78 is 32.9. The first-order valence-corrected chi connectivity index (χ1v) is 17.0. The van der Waals surface area contributed by atoms with Gasteiger partial charge in [0.1, 0.15) is 29.5 Å². The Balaban J connectivity index is 1.37. The number of Topliss-reactive ketones (excluding diaryl/α,β-unsaturated/α-hetero) is 1. The highest BCUT2D eigenvalue weighted by Crippen LogP contribution is 2.52. The number of hydrogen-bond acceptors (Lipinski definition) is 17. The predicted octanol–water partition coefficient (Wildman–Crippen LogP) is 0.491. The Morgan fingerprint density at radius 3 is 2.34 bits per heavy atom. The van der Waals surface area contributed by atoms with E-state index in [9.17, 15) is 49.5 Å². The van der Waals surface area contributed by atoms with Crippen LogP contribution in [-0.4, -0.2) is 125 Å². The maximum Gasteiger partial charge on any atom is 0.305 e. The zero-order valence-electron chi connectivity index (χ0n) is 29.6. The van der Waals surface area contributed by atoms with Crippen LogP contribution in [0.25, 0.3) is 0 Å². The third-order valence-electron chi connectivity index (χ3n) is 9.51. The first kappa shape index (κ1) is 39.7. The van der Waals surface area contributed by atoms with Gasteiger partial charge in [-0.05, 0) is 13.0 Å². The summed E-state index contributed by atoms with van der Waals surface area (Å²) in [5.41, 5.74) is -3.92. The summed E-state index contributed by atoms with van der Waals surface area (Å²) in [5, 5.41) is 58.5. The fourth-order valence-electron chi connectivity index (χ4n) is 7.03. The Bertz CT molecular complexity index is 1760. The van der Waals surface area contributed by atoms with E-state index in [1.165, 1.54) is 39.2 Å². The molecule has 2 aromatic rings. The molecule has 1 heterocycles. The number of aromatic hydroxyl groups is 2. The molecule has 53 heavy (non-hydrogen) atoms. The van der Waals surface area contributed by atoms with Crippen LogP contribution < -0.4 is 10.1 Å². The number of phenolic OH excluding ortho intramolecular Hbond substituents is 2. The van der Waals surface area contributed by atoms with E-state index in [0.717, 1.165) is 0 Å². The van der Waals surface area contributed by atoms with Gasteiger partial charge in [0, 0.05) is 68.8 Å². The molecule has 5 rings (SSSR count). The van der Waals surface area contributed by atoms with Crippen molar-refractivity contribution in [3.63, 3.8) is 0 Å². The minimum atomic E-state index is -2.31. The van der Waals surface area contributed by atoms with Crippen molar-refractivity contribution in [2.24, 2.45) is 0 Å². The lowest BCUT2D eigenvalue weighted by atomic mass is 9.72. The maximum atomic E-state index is 13.9. The van der Waals surface area contributed by atoms with E-state index in [-0.39, 0.29) is 60.6 Å². The Hall–Kier alpha value is -4.49. The van der Waals surface area contributed by atoms with Crippen LogP contribution in [0.4, 0.5) is 0 Å². The Labute approximate surface area is 303 Å². The first-order chi connectivity index (χ1) is 25.1. The number of ether oxygens (including phenoxy) is 6. The van der Waals surface area contributed by atoms with Crippen molar-refractivity contribution < 1.29 is 77.9 Å². The smallest absolute Gasteiger partial charge is 0.305 e. The Kier molecular flexibility index (Phi) is 12.2. The van der Waals surface area contributed by atoms with Crippen LogP contribution in [0.2, 0.25) is 0 Å². The molecule has 0 amide bonds. The standard InChI is InChI=1S/C36H43NO16/c1-16-31(42)21(37-9-11-49-10-8-25(51-17(2)39)52-18(3)40)12-26(50-16)53-23-14-36(47,24(41)15-38)13-20-28(23)35(46)30-29(33(20)44)32(43)19-6-5-7-22(48-4)27(19)34(30)45/h5-7,16,21,23,25-26,31,37-38,42,44,46-47H,8-15H2,1-4H3/t16-,21-,23-,26-,31+,36-/m0/s1. The van der Waals surface area contributed by atoms with Crippen LogP contribution in [0, 0.1) is 0 Å². The number of esters is 2. The molecule has 17 nitrogen and oxygen atoms in total. The molecule has 0 saturated carbocycles. The van der Waals surface area contributed by atoms with Gasteiger partial charge >= 0.3 is 11.9 Å². The number of aliphatic hydroxyl groups excluding tert-OH is 2. The maximum absolute atomic E-state index is 13.9. The normalized spacial score (nSPS) is 24.9. The highest BCUT2D eigenvalue weighted by atomic mass is 16.7. The largest absolute Gasteiger partial charge is 0.507 e. The van der Waals surface area contributed by atoms with Gasteiger partial charge in [0.2, 0.25) is 12.1 Å². The molecule has 2 aromatic carbocycles. The number of rotatable bonds is 14. The lowest BCUT2D eigenvalue weighted by Crippen LogP contribution is -2.55. The van der Waals surface area contributed by atoms with Gasteiger partial charge < -0.3 is 59.3 Å². The lowest BCUT2D eigenvalue weighted by Gasteiger charge is -2.43. The molecule has 1 saturated heterocycles. The topological polar surface area (TPSA) is 254 Å². The molecule has 0 bridgehead atoms. The van der Waals surface area contributed by atoms with Crippen molar-refractivity contribution >= 4 is 29.3 Å². The summed E-state index contributed by atoms with van der Waals surface area (Å²) in [7, 11) is 1.31. The van der Waals surface area contributed by atoms with Crippen LogP contribution in [0.1, 0.15) is 89.1 Å². The van der Waals surface area contributed by atoms with Crippen molar-refractivity contribution in [2.75, 3.05) is 33.5 Å². The summed E-state index contributed by atoms with van der Waals surface area (Å²) in [5.74, 6) is -5.23. The van der Waals surface area contributed by atoms with Crippen molar-refractivity contribution in [3.05, 3.63) is 51.6 Å². The number of carbonyl (C=O) groups is 5. The van der Waals surface area contributed by atoms with Crippen LogP contribution in [0.5, 0.6) is 17.2 Å². The number of nitrogens with one attached hydrogen (secondary N) is 1. The molecule has 6 N–H and O–H groups in total. The summed E-state index contributed by atoms with van der Waals surface area (Å²) in [4.78, 5) is 63.0. The van der Waals surface area contributed by atoms with E-state index in [1.807, 2.05) is 0 Å². The number of aliphatic hydroxyl groups is 3. The second kappa shape index (κ2) is 16.3. The van der Waals surface area contributed by atoms with E-state index >= 15 is 0 Å². The summed E-state index contributed by atoms with van der Waals surface area (Å²) in [6, 6.07) is 3.68. The summed E-state index contributed by atoms with van der Waals surface area (Å²) in [6.45, 7) is 3.33. The van der Waals surface area contributed by atoms with E-state index < -0.39 is 114 Å². The van der Waals surface area contributed by atoms with E-state index in [0.29, 0.717) is 0 Å². The number of methoxy groups -OCH3 is 1. The molecular weight excluding hydrogens is 702 g/mol. The number of benzene rings is 2. The van der Waals surface area contributed by atoms with Gasteiger partial charge in [-0.1, -0.05) is 12.1 Å². The third kappa shape index (κ3) is 8.06. The van der Waals surface area contributed by atoms with E-state index in [2.05, 4.69) is 5.32 Å². The SMILES string of the molecule is COc1cccc2c1C(=O)c1c(O)c3c(c(O)c1C2=O)C[C@@](O)(C(=O)CO)C[C@@H]3O[C@H]1C[C@H](NCCOCCC(OC(C)=O)OC(C)=O)[C@H](O)[C@H](C)O1. The lowest BCUT2D eigenvalue weighted by molar-refractivity contribution is -0.250. The molecule has 1 aliphatic heterocycles. The zero-order chi connectivity index (χ0) is 38.8. The van der Waals surface area contributed by atoms with Crippen molar-refractivity contribution in [1.82, 2.24) is 5.32 Å². The quantitative estimate of drug-likeness (QED) is 0.0568. The molecule has 288 valence electrons. The van der Waals surface area contributed by atoms with Crippen LogP contribution in [0.15, 0.2) is 18.2 Å². The third-order valence-corrected chi connectivity index (χ3v) is 9.51. The van der Waals surface area contributed by atoms with Crippen LogP contribution in [-0.2, 0) is 44.5 Å². The molecule has 6 atom stereocenters. The van der Waals surface area contributed by atoms with Crippen molar-refractivity contribution in [2.45, 2.75) is 89.0 Å². The van der Waals surface area contributed by atoms with Gasteiger partial charge in [-0.3, -0.25) is 24.0 Å². The van der Waals surface area contributed by atoms with Gasteiger partial charge in [0.25, 0.3) is 0 Å². The molecule has 3 aliphatic rings. The minimum absolute atomic E-state index is 0.00433. The number of hydrogen-bond donors (Lipinski definition) is 6. The van der Waals surface area contributed by atoms with Crippen molar-refractivity contribution in [1.29, 1.82) is 0 Å². The van der Waals surface area contributed by atoms with Crippen LogP contribution >= 0.6 is 0 Å². The van der Waals surface area contributed by atoms with Crippen molar-refractivity contribution in [3.8, 4) is 17.2 Å². The average molecular weight is 746 g/mol. The average Bonchev–Trinajstić information content (AvgIpc) is 3.10. The molecule has 0 aromatic heterocycles.